The van der Waals surface area contributed by atoms with Crippen LogP contribution in [0, 0.1) is 5.92 Å². The van der Waals surface area contributed by atoms with Crippen molar-refractivity contribution >= 4 is 5.82 Å². The molecule has 3 rings (SSSR count). The van der Waals surface area contributed by atoms with Crippen molar-refractivity contribution in [3.8, 4) is 11.5 Å². The maximum atomic E-state index is 4.71. The van der Waals surface area contributed by atoms with Crippen molar-refractivity contribution < 1.29 is 0 Å². The van der Waals surface area contributed by atoms with Gasteiger partial charge in [0.25, 0.3) is 0 Å². The van der Waals surface area contributed by atoms with Gasteiger partial charge >= 0.3 is 0 Å². The van der Waals surface area contributed by atoms with Gasteiger partial charge in [0.05, 0.1) is 6.33 Å². The molecule has 2 unspecified atom stereocenters. The van der Waals surface area contributed by atoms with Crippen molar-refractivity contribution in [1.29, 1.82) is 0 Å². The second-order valence-corrected chi connectivity index (χ2v) is 5.34. The standard InChI is InChI=1S/C14H21N5/c1-3-9-5-6-10(7-9)12-18-11-13(15-4-2)16-8-17-14(11)19-12/h8-10H,3-7H2,1-2H3,(H2,15,16,17,18,19). The van der Waals surface area contributed by atoms with Crippen LogP contribution in [0.5, 0.6) is 0 Å². The van der Waals surface area contributed by atoms with Crippen LogP contribution in [0.15, 0.2) is 6.33 Å². The van der Waals surface area contributed by atoms with E-state index in [9.17, 15) is 0 Å². The fourth-order valence-corrected chi connectivity index (χ4v) is 3.00. The Hall–Kier alpha value is -1.65. The summed E-state index contributed by atoms with van der Waals surface area (Å²) in [5, 5.41) is 3.24. The Balaban J connectivity index is 1.89. The molecule has 102 valence electrons. The van der Waals surface area contributed by atoms with Gasteiger partial charge in [0, 0.05) is 12.5 Å². The number of aromatic nitrogens is 4. The van der Waals surface area contributed by atoms with E-state index in [1.807, 2.05) is 0 Å². The molecule has 2 N–H and O–H groups in total. The maximum Gasteiger partial charge on any atom is 0.163 e. The number of hydrogen-bond donors (Lipinski definition) is 2. The summed E-state index contributed by atoms with van der Waals surface area (Å²) in [7, 11) is 0. The van der Waals surface area contributed by atoms with Gasteiger partial charge in [-0.15, -0.1) is 0 Å². The van der Waals surface area contributed by atoms with Gasteiger partial charge in [-0.2, -0.15) is 0 Å². The molecule has 0 aromatic carbocycles. The van der Waals surface area contributed by atoms with E-state index in [2.05, 4.69) is 34.1 Å². The summed E-state index contributed by atoms with van der Waals surface area (Å²) in [6.45, 7) is 5.18. The lowest BCUT2D eigenvalue weighted by molar-refractivity contribution is 0.517. The number of imidazole rings is 1. The summed E-state index contributed by atoms with van der Waals surface area (Å²) in [5.74, 6) is 4.05. The second kappa shape index (κ2) is 5.15. The minimum absolute atomic E-state index is 0.528. The lowest BCUT2D eigenvalue weighted by atomic mass is 10.0. The summed E-state index contributed by atoms with van der Waals surface area (Å²) in [6, 6.07) is 0. The normalized spacial score (nSPS) is 23.1. The van der Waals surface area contributed by atoms with Crippen molar-refractivity contribution in [2.45, 2.75) is 45.4 Å². The molecular formula is C14H21N5. The number of rotatable bonds is 4. The fraction of sp³-hybridized carbons (Fsp3) is 0.643. The highest BCUT2D eigenvalue weighted by atomic mass is 15.1. The molecule has 2 heterocycles. The summed E-state index contributed by atoms with van der Waals surface area (Å²) >= 11 is 0. The topological polar surface area (TPSA) is 66.5 Å². The lowest BCUT2D eigenvalue weighted by Gasteiger charge is -2.05. The minimum atomic E-state index is 0.528. The Morgan fingerprint density at radius 1 is 1.32 bits per heavy atom. The Kier molecular flexibility index (Phi) is 3.36. The molecule has 0 aromatic heterocycles. The van der Waals surface area contributed by atoms with Crippen LogP contribution in [0.4, 0.5) is 5.82 Å². The molecule has 0 spiro atoms. The molecule has 1 fully saturated rings. The Labute approximate surface area is 113 Å². The van der Waals surface area contributed by atoms with E-state index in [1.54, 1.807) is 6.33 Å². The molecule has 2 aliphatic heterocycles. The van der Waals surface area contributed by atoms with Crippen LogP contribution in [0.3, 0.4) is 0 Å². The molecule has 0 amide bonds. The van der Waals surface area contributed by atoms with E-state index in [1.165, 1.54) is 25.7 Å². The molecule has 3 aliphatic rings. The number of anilines is 1. The monoisotopic (exact) mass is 259 g/mol. The second-order valence-electron chi connectivity index (χ2n) is 5.34. The third-order valence-electron chi connectivity index (χ3n) is 4.12. The van der Waals surface area contributed by atoms with E-state index in [4.69, 9.17) is 4.98 Å². The van der Waals surface area contributed by atoms with Crippen molar-refractivity contribution in [2.24, 2.45) is 5.92 Å². The van der Waals surface area contributed by atoms with Gasteiger partial charge in [0.15, 0.2) is 17.3 Å². The summed E-state index contributed by atoms with van der Waals surface area (Å²) in [5.41, 5.74) is 0.874. The zero-order chi connectivity index (χ0) is 13.2. The van der Waals surface area contributed by atoms with Crippen molar-refractivity contribution in [1.82, 2.24) is 19.9 Å². The van der Waals surface area contributed by atoms with Crippen LogP contribution >= 0.6 is 0 Å². The van der Waals surface area contributed by atoms with E-state index >= 15 is 0 Å². The molecular weight excluding hydrogens is 238 g/mol. The van der Waals surface area contributed by atoms with Crippen LogP contribution in [0.25, 0.3) is 11.5 Å². The molecule has 19 heavy (non-hydrogen) atoms. The summed E-state index contributed by atoms with van der Waals surface area (Å²) < 4.78 is 0. The number of H-pyrrole nitrogens is 1. The van der Waals surface area contributed by atoms with Gasteiger partial charge in [-0.3, -0.25) is 0 Å². The van der Waals surface area contributed by atoms with E-state index in [-0.39, 0.29) is 0 Å². The summed E-state index contributed by atoms with van der Waals surface area (Å²) in [6.07, 6.45) is 6.72. The first-order valence-corrected chi connectivity index (χ1v) is 7.26. The van der Waals surface area contributed by atoms with Crippen LogP contribution in [-0.4, -0.2) is 26.5 Å². The molecule has 1 aliphatic carbocycles. The number of nitrogens with one attached hydrogen (secondary N) is 2. The molecule has 0 bridgehead atoms. The van der Waals surface area contributed by atoms with Crippen LogP contribution < -0.4 is 5.32 Å². The first kappa shape index (κ1) is 12.4. The van der Waals surface area contributed by atoms with Gasteiger partial charge in [0.2, 0.25) is 0 Å². The molecule has 0 radical (unpaired) electrons. The molecule has 0 saturated heterocycles. The predicted octanol–water partition coefficient (Wildman–Crippen LogP) is 3.03. The lowest BCUT2D eigenvalue weighted by Crippen LogP contribution is -2.02. The van der Waals surface area contributed by atoms with Crippen LogP contribution in [0.1, 0.15) is 51.3 Å². The fourth-order valence-electron chi connectivity index (χ4n) is 3.00. The Bertz CT molecular complexity index is 521. The maximum absolute atomic E-state index is 4.71. The number of fused-ring (bicyclic) bond motifs is 1. The zero-order valence-electron chi connectivity index (χ0n) is 11.6. The van der Waals surface area contributed by atoms with Crippen LogP contribution in [-0.2, 0) is 0 Å². The first-order valence-electron chi connectivity index (χ1n) is 7.26. The Morgan fingerprint density at radius 3 is 2.95 bits per heavy atom. The SMILES string of the molecule is CCNc1nc[nH]c2nc(C3CCC(CC)C3)nc1-2. The largest absolute Gasteiger partial charge is 0.368 e. The average Bonchev–Trinajstić information content (AvgIpc) is 3.05. The highest BCUT2D eigenvalue weighted by Gasteiger charge is 2.29. The average molecular weight is 259 g/mol. The quantitative estimate of drug-likeness (QED) is 0.885. The smallest absolute Gasteiger partial charge is 0.163 e. The molecule has 5 heteroatoms. The first-order chi connectivity index (χ1) is 9.31. The van der Waals surface area contributed by atoms with Gasteiger partial charge in [-0.05, 0) is 32.1 Å². The van der Waals surface area contributed by atoms with Gasteiger partial charge in [-0.1, -0.05) is 13.3 Å². The van der Waals surface area contributed by atoms with Crippen molar-refractivity contribution in [2.75, 3.05) is 11.9 Å². The number of hydrogen-bond acceptors (Lipinski definition) is 4. The summed E-state index contributed by atoms with van der Waals surface area (Å²) in [4.78, 5) is 16.8. The highest BCUT2D eigenvalue weighted by molar-refractivity contribution is 5.66. The van der Waals surface area contributed by atoms with Gasteiger partial charge in [0.1, 0.15) is 5.82 Å². The number of nitrogens with zero attached hydrogens (tertiary/aromatic N) is 3. The molecule has 0 aromatic rings. The van der Waals surface area contributed by atoms with E-state index in [0.717, 1.165) is 35.6 Å². The highest BCUT2D eigenvalue weighted by Crippen LogP contribution is 2.39. The van der Waals surface area contributed by atoms with E-state index in [0.29, 0.717) is 5.92 Å². The molecule has 5 nitrogen and oxygen atoms in total. The predicted molar refractivity (Wildman–Crippen MR) is 75.3 cm³/mol. The van der Waals surface area contributed by atoms with Gasteiger partial charge < -0.3 is 10.3 Å². The number of aromatic amines is 1. The van der Waals surface area contributed by atoms with Gasteiger partial charge in [-0.25, -0.2) is 15.0 Å². The Morgan fingerprint density at radius 2 is 2.21 bits per heavy atom. The molecule has 1 saturated carbocycles. The third-order valence-corrected chi connectivity index (χ3v) is 4.12. The molecule has 2 atom stereocenters. The van der Waals surface area contributed by atoms with Crippen LogP contribution in [0.2, 0.25) is 0 Å². The minimum Gasteiger partial charge on any atom is -0.368 e. The van der Waals surface area contributed by atoms with E-state index < -0.39 is 0 Å². The zero-order valence-corrected chi connectivity index (χ0v) is 11.6. The third kappa shape index (κ3) is 2.29. The van der Waals surface area contributed by atoms with Crippen molar-refractivity contribution in [3.05, 3.63) is 12.2 Å². The van der Waals surface area contributed by atoms with Crippen molar-refractivity contribution in [3.63, 3.8) is 0 Å².